The fraction of sp³-hybridized carbons (Fsp3) is 0.400. The van der Waals surface area contributed by atoms with E-state index in [0.29, 0.717) is 18.0 Å². The normalized spacial score (nSPS) is 10.7. The Bertz CT molecular complexity index is 592. The Kier molecular flexibility index (Phi) is 5.27. The van der Waals surface area contributed by atoms with Crippen LogP contribution in [0.4, 0.5) is 5.13 Å². The van der Waals surface area contributed by atoms with Gasteiger partial charge in [0.25, 0.3) is 5.91 Å². The van der Waals surface area contributed by atoms with Crippen LogP contribution in [0.1, 0.15) is 34.8 Å². The summed E-state index contributed by atoms with van der Waals surface area (Å²) in [6, 6.07) is 7.52. The van der Waals surface area contributed by atoms with Gasteiger partial charge in [0.05, 0.1) is 0 Å². The highest BCUT2D eigenvalue weighted by Gasteiger charge is 2.06. The summed E-state index contributed by atoms with van der Waals surface area (Å²) in [4.78, 5) is 11.5. The fourth-order valence-corrected chi connectivity index (χ4v) is 2.80. The molecule has 21 heavy (non-hydrogen) atoms. The van der Waals surface area contributed by atoms with E-state index in [0.717, 1.165) is 22.1 Å². The molecule has 2 N–H and O–H groups in total. The molecule has 1 aromatic heterocycles. The smallest absolute Gasteiger partial charge is 0.251 e. The second-order valence-corrected chi connectivity index (χ2v) is 6.29. The Morgan fingerprint density at radius 2 is 1.95 bits per heavy atom. The van der Waals surface area contributed by atoms with E-state index < -0.39 is 0 Å². The molecule has 5 nitrogen and oxygen atoms in total. The molecule has 0 aliphatic carbocycles. The number of hydrogen-bond donors (Lipinski definition) is 2. The van der Waals surface area contributed by atoms with Crippen molar-refractivity contribution in [3.8, 4) is 0 Å². The summed E-state index contributed by atoms with van der Waals surface area (Å²) in [5, 5.41) is 16.1. The van der Waals surface area contributed by atoms with Crippen molar-refractivity contribution in [1.82, 2.24) is 15.5 Å². The van der Waals surface area contributed by atoms with E-state index in [-0.39, 0.29) is 5.91 Å². The predicted octanol–water partition coefficient (Wildman–Crippen LogP) is 2.71. The molecule has 0 unspecified atom stereocenters. The largest absolute Gasteiger partial charge is 0.356 e. The van der Waals surface area contributed by atoms with Gasteiger partial charge in [-0.3, -0.25) is 4.79 Å². The Hall–Kier alpha value is -1.95. The van der Waals surface area contributed by atoms with Gasteiger partial charge >= 0.3 is 0 Å². The van der Waals surface area contributed by atoms with Gasteiger partial charge in [-0.25, -0.2) is 0 Å². The number of carbonyl (C=O) groups is 1. The SMILES string of the molecule is CNC(=O)c1ccc(CNc2nnc(CC(C)C)s2)cc1. The molecule has 0 saturated heterocycles. The second-order valence-electron chi connectivity index (χ2n) is 5.23. The summed E-state index contributed by atoms with van der Waals surface area (Å²) in [5.41, 5.74) is 1.76. The molecule has 1 heterocycles. The van der Waals surface area contributed by atoms with E-state index in [1.165, 1.54) is 0 Å². The van der Waals surface area contributed by atoms with E-state index in [2.05, 4.69) is 34.7 Å². The molecule has 112 valence electrons. The summed E-state index contributed by atoms with van der Waals surface area (Å²) in [6.07, 6.45) is 0.959. The molecular formula is C15H20N4OS. The molecule has 0 radical (unpaired) electrons. The van der Waals surface area contributed by atoms with Gasteiger partial charge in [0.15, 0.2) is 0 Å². The van der Waals surface area contributed by atoms with E-state index in [1.54, 1.807) is 18.4 Å². The third-order valence-corrected chi connectivity index (χ3v) is 3.84. The lowest BCUT2D eigenvalue weighted by atomic mass is 10.1. The van der Waals surface area contributed by atoms with Crippen LogP contribution in [0.5, 0.6) is 0 Å². The van der Waals surface area contributed by atoms with Crippen LogP contribution in [0.15, 0.2) is 24.3 Å². The summed E-state index contributed by atoms with van der Waals surface area (Å²) >= 11 is 1.59. The van der Waals surface area contributed by atoms with Crippen LogP contribution in [-0.2, 0) is 13.0 Å². The highest BCUT2D eigenvalue weighted by molar-refractivity contribution is 7.15. The van der Waals surface area contributed by atoms with Crippen molar-refractivity contribution in [3.63, 3.8) is 0 Å². The van der Waals surface area contributed by atoms with Crippen LogP contribution in [0.3, 0.4) is 0 Å². The Morgan fingerprint density at radius 1 is 1.24 bits per heavy atom. The summed E-state index contributed by atoms with van der Waals surface area (Å²) in [6.45, 7) is 5.01. The molecule has 2 aromatic rings. The third kappa shape index (κ3) is 4.53. The number of nitrogens with one attached hydrogen (secondary N) is 2. The van der Waals surface area contributed by atoms with Crippen molar-refractivity contribution in [1.29, 1.82) is 0 Å². The van der Waals surface area contributed by atoms with E-state index in [4.69, 9.17) is 0 Å². The Balaban J connectivity index is 1.90. The molecule has 0 aliphatic heterocycles. The van der Waals surface area contributed by atoms with Gasteiger partial charge in [-0.05, 0) is 23.6 Å². The van der Waals surface area contributed by atoms with Crippen LogP contribution >= 0.6 is 11.3 Å². The van der Waals surface area contributed by atoms with Crippen LogP contribution < -0.4 is 10.6 Å². The van der Waals surface area contributed by atoms with Crippen molar-refractivity contribution in [2.24, 2.45) is 5.92 Å². The fourth-order valence-electron chi connectivity index (χ4n) is 1.85. The zero-order chi connectivity index (χ0) is 15.2. The van der Waals surface area contributed by atoms with E-state index in [9.17, 15) is 4.79 Å². The maximum atomic E-state index is 11.5. The van der Waals surface area contributed by atoms with Gasteiger partial charge in [0, 0.05) is 25.6 Å². The molecule has 0 fully saturated rings. The number of carbonyl (C=O) groups excluding carboxylic acids is 1. The standard InChI is InChI=1S/C15H20N4OS/c1-10(2)8-13-18-19-15(21-13)17-9-11-4-6-12(7-5-11)14(20)16-3/h4-7,10H,8-9H2,1-3H3,(H,16,20)(H,17,19). The predicted molar refractivity (Wildman–Crippen MR) is 85.6 cm³/mol. The number of nitrogens with zero attached hydrogens (tertiary/aromatic N) is 2. The second kappa shape index (κ2) is 7.17. The van der Waals surface area contributed by atoms with Crippen LogP contribution in [0, 0.1) is 5.92 Å². The average Bonchev–Trinajstić information content (AvgIpc) is 2.91. The minimum absolute atomic E-state index is 0.0723. The van der Waals surface area contributed by atoms with Crippen LogP contribution in [-0.4, -0.2) is 23.2 Å². The van der Waals surface area contributed by atoms with Crippen LogP contribution in [0.2, 0.25) is 0 Å². The van der Waals surface area contributed by atoms with Gasteiger partial charge in [-0.15, -0.1) is 10.2 Å². The topological polar surface area (TPSA) is 66.9 Å². The quantitative estimate of drug-likeness (QED) is 0.861. The highest BCUT2D eigenvalue weighted by Crippen LogP contribution is 2.19. The molecular weight excluding hydrogens is 284 g/mol. The Labute approximate surface area is 128 Å². The number of amides is 1. The van der Waals surface area contributed by atoms with Gasteiger partial charge in [-0.1, -0.05) is 37.3 Å². The monoisotopic (exact) mass is 304 g/mol. The van der Waals surface area contributed by atoms with E-state index >= 15 is 0 Å². The maximum Gasteiger partial charge on any atom is 0.251 e. The lowest BCUT2D eigenvalue weighted by Crippen LogP contribution is -2.17. The first kappa shape index (κ1) is 15.4. The number of aromatic nitrogens is 2. The molecule has 0 atom stereocenters. The minimum atomic E-state index is -0.0723. The van der Waals surface area contributed by atoms with Gasteiger partial charge in [-0.2, -0.15) is 0 Å². The molecule has 6 heteroatoms. The lowest BCUT2D eigenvalue weighted by molar-refractivity contribution is 0.0963. The summed E-state index contributed by atoms with van der Waals surface area (Å²) < 4.78 is 0. The third-order valence-electron chi connectivity index (χ3n) is 2.94. The number of benzene rings is 1. The lowest BCUT2D eigenvalue weighted by Gasteiger charge is -2.04. The van der Waals surface area contributed by atoms with Crippen molar-refractivity contribution >= 4 is 22.4 Å². The first-order valence-corrected chi connectivity index (χ1v) is 7.77. The molecule has 0 aliphatic rings. The van der Waals surface area contributed by atoms with Gasteiger partial charge < -0.3 is 10.6 Å². The van der Waals surface area contributed by atoms with Gasteiger partial charge in [0.2, 0.25) is 5.13 Å². The molecule has 1 amide bonds. The maximum absolute atomic E-state index is 11.5. The molecule has 0 saturated carbocycles. The van der Waals surface area contributed by atoms with Crippen molar-refractivity contribution in [2.45, 2.75) is 26.8 Å². The molecule has 0 spiro atoms. The summed E-state index contributed by atoms with van der Waals surface area (Å²) in [5.74, 6) is 0.514. The zero-order valence-corrected chi connectivity index (χ0v) is 13.3. The molecule has 2 rings (SSSR count). The summed E-state index contributed by atoms with van der Waals surface area (Å²) in [7, 11) is 1.63. The minimum Gasteiger partial charge on any atom is -0.356 e. The van der Waals surface area contributed by atoms with Crippen molar-refractivity contribution < 1.29 is 4.79 Å². The number of hydrogen-bond acceptors (Lipinski definition) is 5. The first-order chi connectivity index (χ1) is 10.1. The highest BCUT2D eigenvalue weighted by atomic mass is 32.1. The average molecular weight is 304 g/mol. The number of rotatable bonds is 6. The molecule has 0 bridgehead atoms. The zero-order valence-electron chi connectivity index (χ0n) is 12.5. The van der Waals surface area contributed by atoms with Gasteiger partial charge in [0.1, 0.15) is 5.01 Å². The van der Waals surface area contributed by atoms with Crippen molar-refractivity contribution in [3.05, 3.63) is 40.4 Å². The number of anilines is 1. The van der Waals surface area contributed by atoms with Crippen molar-refractivity contribution in [2.75, 3.05) is 12.4 Å². The van der Waals surface area contributed by atoms with E-state index in [1.807, 2.05) is 24.3 Å². The first-order valence-electron chi connectivity index (χ1n) is 6.95. The molecule has 1 aromatic carbocycles. The Morgan fingerprint density at radius 3 is 2.57 bits per heavy atom. The van der Waals surface area contributed by atoms with Crippen LogP contribution in [0.25, 0.3) is 0 Å².